The van der Waals surface area contributed by atoms with Crippen molar-refractivity contribution in [1.29, 1.82) is 0 Å². The number of aliphatic hydroxyl groups is 1. The number of anilines is 1. The minimum atomic E-state index is -0.541. The Balaban J connectivity index is 2.54. The number of methoxy groups -OCH3 is 1. The van der Waals surface area contributed by atoms with E-state index < -0.39 is 5.97 Å². The van der Waals surface area contributed by atoms with Gasteiger partial charge in [-0.1, -0.05) is 6.92 Å². The van der Waals surface area contributed by atoms with Crippen molar-refractivity contribution in [1.82, 2.24) is 9.97 Å². The molecule has 1 aromatic heterocycles. The first-order valence-electron chi connectivity index (χ1n) is 6.35. The molecule has 0 aromatic carbocycles. The van der Waals surface area contributed by atoms with Crippen molar-refractivity contribution in [2.45, 2.75) is 26.7 Å². The molecule has 0 fully saturated rings. The molecule has 6 heteroatoms. The van der Waals surface area contributed by atoms with Crippen LogP contribution in [0.5, 0.6) is 0 Å². The Kier molecular flexibility index (Phi) is 6.21. The lowest BCUT2D eigenvalue weighted by atomic mass is 10.1. The van der Waals surface area contributed by atoms with Gasteiger partial charge in [-0.15, -0.1) is 0 Å². The maximum atomic E-state index is 11.4. The molecule has 1 atom stereocenters. The number of aryl methyl sites for hydroxylation is 1. The summed E-state index contributed by atoms with van der Waals surface area (Å²) < 4.78 is 4.60. The summed E-state index contributed by atoms with van der Waals surface area (Å²) in [6.07, 6.45) is 1.87. The average molecular weight is 267 g/mol. The number of nitrogens with one attached hydrogen (secondary N) is 1. The van der Waals surface area contributed by atoms with Gasteiger partial charge in [0, 0.05) is 24.9 Å². The molecule has 0 spiro atoms. The molecule has 0 aliphatic carbocycles. The second kappa shape index (κ2) is 7.68. The summed E-state index contributed by atoms with van der Waals surface area (Å²) in [5.74, 6) is 0.443. The molecule has 0 aliphatic rings. The standard InChI is InChI=1S/C13H21N3O3/c1-9(8-17)5-4-6-14-11-7-10(2)15-12(16-11)13(18)19-3/h7,9,17H,4-6,8H2,1-3H3,(H,14,15,16). The number of aromatic nitrogens is 2. The Labute approximate surface area is 113 Å². The number of carbonyl (C=O) groups is 1. The molecule has 1 rings (SSSR count). The Bertz CT molecular complexity index is 424. The van der Waals surface area contributed by atoms with E-state index in [1.54, 1.807) is 13.0 Å². The zero-order valence-electron chi connectivity index (χ0n) is 11.6. The molecular formula is C13H21N3O3. The molecular weight excluding hydrogens is 246 g/mol. The Morgan fingerprint density at radius 2 is 2.26 bits per heavy atom. The van der Waals surface area contributed by atoms with Crippen LogP contribution in [0.25, 0.3) is 0 Å². The SMILES string of the molecule is COC(=O)c1nc(C)cc(NCCCC(C)CO)n1. The zero-order valence-corrected chi connectivity index (χ0v) is 11.6. The van der Waals surface area contributed by atoms with Crippen LogP contribution in [0.2, 0.25) is 0 Å². The van der Waals surface area contributed by atoms with Gasteiger partial charge in [-0.25, -0.2) is 14.8 Å². The molecule has 2 N–H and O–H groups in total. The molecule has 0 saturated heterocycles. The maximum Gasteiger partial charge on any atom is 0.376 e. The van der Waals surface area contributed by atoms with Gasteiger partial charge in [0.2, 0.25) is 5.82 Å². The van der Waals surface area contributed by atoms with E-state index in [1.165, 1.54) is 7.11 Å². The number of ether oxygens (including phenoxy) is 1. The normalized spacial score (nSPS) is 12.0. The van der Waals surface area contributed by atoms with Crippen LogP contribution in [0, 0.1) is 12.8 Å². The monoisotopic (exact) mass is 267 g/mol. The largest absolute Gasteiger partial charge is 0.463 e. The fraction of sp³-hybridized carbons (Fsp3) is 0.615. The maximum absolute atomic E-state index is 11.4. The van der Waals surface area contributed by atoms with Crippen molar-refractivity contribution < 1.29 is 14.6 Å². The fourth-order valence-electron chi connectivity index (χ4n) is 1.60. The fourth-order valence-corrected chi connectivity index (χ4v) is 1.60. The van der Waals surface area contributed by atoms with Gasteiger partial charge in [0.1, 0.15) is 5.82 Å². The lowest BCUT2D eigenvalue weighted by molar-refractivity contribution is 0.0586. The molecule has 0 saturated carbocycles. The van der Waals surface area contributed by atoms with Gasteiger partial charge < -0.3 is 15.2 Å². The van der Waals surface area contributed by atoms with E-state index in [0.29, 0.717) is 17.4 Å². The van der Waals surface area contributed by atoms with Crippen LogP contribution in [-0.4, -0.2) is 41.3 Å². The number of hydrogen-bond donors (Lipinski definition) is 2. The summed E-state index contributed by atoms with van der Waals surface area (Å²) in [5.41, 5.74) is 0.710. The second-order valence-electron chi connectivity index (χ2n) is 4.57. The summed E-state index contributed by atoms with van der Waals surface area (Å²) in [6, 6.07) is 1.78. The van der Waals surface area contributed by atoms with Gasteiger partial charge in [0.05, 0.1) is 7.11 Å². The molecule has 0 radical (unpaired) electrons. The van der Waals surface area contributed by atoms with Crippen molar-refractivity contribution >= 4 is 11.8 Å². The molecule has 1 unspecified atom stereocenters. The van der Waals surface area contributed by atoms with Gasteiger partial charge in [-0.3, -0.25) is 0 Å². The van der Waals surface area contributed by atoms with Crippen LogP contribution in [0.1, 0.15) is 36.1 Å². The molecule has 0 amide bonds. The Hall–Kier alpha value is -1.69. The lowest BCUT2D eigenvalue weighted by Crippen LogP contribution is -2.12. The van der Waals surface area contributed by atoms with Crippen LogP contribution in [0.3, 0.4) is 0 Å². The first kappa shape index (κ1) is 15.4. The Morgan fingerprint density at radius 1 is 1.53 bits per heavy atom. The highest BCUT2D eigenvalue weighted by atomic mass is 16.5. The van der Waals surface area contributed by atoms with Crippen LogP contribution >= 0.6 is 0 Å². The summed E-state index contributed by atoms with van der Waals surface area (Å²) in [4.78, 5) is 19.5. The predicted molar refractivity (Wildman–Crippen MR) is 72.1 cm³/mol. The number of esters is 1. The average Bonchev–Trinajstić information content (AvgIpc) is 2.41. The van der Waals surface area contributed by atoms with Crippen molar-refractivity contribution in [2.24, 2.45) is 5.92 Å². The van der Waals surface area contributed by atoms with Gasteiger partial charge in [-0.2, -0.15) is 0 Å². The van der Waals surface area contributed by atoms with E-state index in [0.717, 1.165) is 19.4 Å². The summed E-state index contributed by atoms with van der Waals surface area (Å²) in [7, 11) is 1.30. The molecule has 106 valence electrons. The second-order valence-corrected chi connectivity index (χ2v) is 4.57. The Morgan fingerprint density at radius 3 is 2.89 bits per heavy atom. The molecule has 1 aromatic rings. The first-order valence-corrected chi connectivity index (χ1v) is 6.35. The van der Waals surface area contributed by atoms with Crippen molar-refractivity contribution in [3.05, 3.63) is 17.6 Å². The highest BCUT2D eigenvalue weighted by molar-refractivity contribution is 5.85. The van der Waals surface area contributed by atoms with E-state index >= 15 is 0 Å². The highest BCUT2D eigenvalue weighted by Crippen LogP contribution is 2.09. The minimum Gasteiger partial charge on any atom is -0.463 e. The number of rotatable bonds is 7. The van der Waals surface area contributed by atoms with Gasteiger partial charge in [0.15, 0.2) is 0 Å². The van der Waals surface area contributed by atoms with Crippen molar-refractivity contribution in [3.8, 4) is 0 Å². The topological polar surface area (TPSA) is 84.3 Å². The molecule has 19 heavy (non-hydrogen) atoms. The van der Waals surface area contributed by atoms with Gasteiger partial charge in [0.25, 0.3) is 0 Å². The number of hydrogen-bond acceptors (Lipinski definition) is 6. The van der Waals surface area contributed by atoms with Gasteiger partial charge in [-0.05, 0) is 25.7 Å². The van der Waals surface area contributed by atoms with E-state index in [1.807, 2.05) is 6.92 Å². The number of carbonyl (C=O) groups excluding carboxylic acids is 1. The molecule has 0 bridgehead atoms. The third-order valence-corrected chi connectivity index (χ3v) is 2.71. The van der Waals surface area contributed by atoms with E-state index in [2.05, 4.69) is 20.0 Å². The van der Waals surface area contributed by atoms with E-state index in [-0.39, 0.29) is 12.4 Å². The third-order valence-electron chi connectivity index (χ3n) is 2.71. The van der Waals surface area contributed by atoms with E-state index in [4.69, 9.17) is 5.11 Å². The number of aliphatic hydroxyl groups excluding tert-OH is 1. The van der Waals surface area contributed by atoms with Crippen molar-refractivity contribution in [3.63, 3.8) is 0 Å². The molecule has 1 heterocycles. The van der Waals surface area contributed by atoms with Crippen LogP contribution < -0.4 is 5.32 Å². The van der Waals surface area contributed by atoms with E-state index in [9.17, 15) is 4.79 Å². The lowest BCUT2D eigenvalue weighted by Gasteiger charge is -2.09. The predicted octanol–water partition coefficient (Wildman–Crippen LogP) is 1.39. The van der Waals surface area contributed by atoms with Gasteiger partial charge >= 0.3 is 5.97 Å². The third kappa shape index (κ3) is 5.21. The van der Waals surface area contributed by atoms with Crippen LogP contribution in [0.4, 0.5) is 5.82 Å². The van der Waals surface area contributed by atoms with Crippen molar-refractivity contribution in [2.75, 3.05) is 25.6 Å². The summed E-state index contributed by atoms with van der Waals surface area (Å²) >= 11 is 0. The molecule has 6 nitrogen and oxygen atoms in total. The highest BCUT2D eigenvalue weighted by Gasteiger charge is 2.11. The zero-order chi connectivity index (χ0) is 14.3. The first-order chi connectivity index (χ1) is 9.06. The quantitative estimate of drug-likeness (QED) is 0.573. The summed E-state index contributed by atoms with van der Waals surface area (Å²) in [6.45, 7) is 4.75. The van der Waals surface area contributed by atoms with Crippen LogP contribution in [-0.2, 0) is 4.74 Å². The smallest absolute Gasteiger partial charge is 0.376 e. The van der Waals surface area contributed by atoms with Crippen LogP contribution in [0.15, 0.2) is 6.07 Å². The minimum absolute atomic E-state index is 0.0636. The number of nitrogens with zero attached hydrogens (tertiary/aromatic N) is 2. The molecule has 0 aliphatic heterocycles. The summed E-state index contributed by atoms with van der Waals surface area (Å²) in [5, 5.41) is 12.1.